The lowest BCUT2D eigenvalue weighted by molar-refractivity contribution is -0.136. The predicted octanol–water partition coefficient (Wildman–Crippen LogP) is -0.811. The number of rotatable bonds is 1. The maximum absolute atomic E-state index is 11.7. The molecule has 2 rings (SSSR count). The lowest BCUT2D eigenvalue weighted by Crippen LogP contribution is -2.52. The summed E-state index contributed by atoms with van der Waals surface area (Å²) in [6, 6.07) is 0. The van der Waals surface area contributed by atoms with Gasteiger partial charge in [0.15, 0.2) is 0 Å². The van der Waals surface area contributed by atoms with E-state index in [4.69, 9.17) is 0 Å². The highest BCUT2D eigenvalue weighted by molar-refractivity contribution is 5.80. The van der Waals surface area contributed by atoms with Crippen molar-refractivity contribution in [2.24, 2.45) is 5.92 Å². The Hall–Kier alpha value is -0.610. The van der Waals surface area contributed by atoms with E-state index in [0.29, 0.717) is 19.5 Å². The van der Waals surface area contributed by atoms with E-state index in [0.717, 1.165) is 13.1 Å². The summed E-state index contributed by atoms with van der Waals surface area (Å²) in [6.45, 7) is 4.61. The molecule has 2 aliphatic heterocycles. The van der Waals surface area contributed by atoms with E-state index in [-0.39, 0.29) is 11.8 Å². The number of hydrogen-bond donors (Lipinski definition) is 2. The van der Waals surface area contributed by atoms with Gasteiger partial charge in [-0.15, -0.1) is 0 Å². The van der Waals surface area contributed by atoms with Crippen molar-refractivity contribution in [3.8, 4) is 0 Å². The zero-order chi connectivity index (χ0) is 9.47. The molecule has 2 aliphatic rings. The van der Waals surface area contributed by atoms with Gasteiger partial charge >= 0.3 is 0 Å². The summed E-state index contributed by atoms with van der Waals surface area (Å²) in [5, 5.41) is 12.8. The second-order valence-corrected chi connectivity index (χ2v) is 4.36. The predicted molar refractivity (Wildman–Crippen MR) is 48.2 cm³/mol. The molecule has 0 aliphatic carbocycles. The van der Waals surface area contributed by atoms with Gasteiger partial charge in [0.05, 0.1) is 11.5 Å². The first kappa shape index (κ1) is 8.97. The number of likely N-dealkylation sites (tertiary alicyclic amines) is 1. The fraction of sp³-hybridized carbons (Fsp3) is 0.889. The molecule has 13 heavy (non-hydrogen) atoms. The molecule has 0 aromatic heterocycles. The highest BCUT2D eigenvalue weighted by atomic mass is 16.3. The number of β-amino-alcohol motifs (C(OH)–C–C–N with tert-alkyl or cyclic N) is 1. The lowest BCUT2D eigenvalue weighted by Gasteiger charge is -2.30. The van der Waals surface area contributed by atoms with Crippen molar-refractivity contribution >= 4 is 5.91 Å². The molecule has 0 aromatic carbocycles. The summed E-state index contributed by atoms with van der Waals surface area (Å²) in [5.74, 6) is 0.366. The second kappa shape index (κ2) is 2.96. The Balaban J connectivity index is 1.91. The lowest BCUT2D eigenvalue weighted by atomic mass is 10.0. The van der Waals surface area contributed by atoms with Gasteiger partial charge in [0.2, 0.25) is 5.91 Å². The SMILES string of the molecule is CC1(O)CCN(C(=O)C2CNC2)C1. The fourth-order valence-electron chi connectivity index (χ4n) is 1.85. The van der Waals surface area contributed by atoms with Crippen molar-refractivity contribution in [2.75, 3.05) is 26.2 Å². The molecule has 74 valence electrons. The van der Waals surface area contributed by atoms with Crippen LogP contribution in [0.25, 0.3) is 0 Å². The second-order valence-electron chi connectivity index (χ2n) is 4.36. The van der Waals surface area contributed by atoms with Crippen molar-refractivity contribution in [3.63, 3.8) is 0 Å². The topological polar surface area (TPSA) is 52.6 Å². The van der Waals surface area contributed by atoms with E-state index in [1.807, 2.05) is 0 Å². The smallest absolute Gasteiger partial charge is 0.228 e. The third-order valence-electron chi connectivity index (χ3n) is 2.89. The molecule has 1 amide bonds. The summed E-state index contributed by atoms with van der Waals surface area (Å²) in [4.78, 5) is 13.5. The van der Waals surface area contributed by atoms with Crippen LogP contribution in [0.1, 0.15) is 13.3 Å². The molecule has 4 nitrogen and oxygen atoms in total. The Morgan fingerprint density at radius 2 is 2.31 bits per heavy atom. The molecular weight excluding hydrogens is 168 g/mol. The number of aliphatic hydroxyl groups is 1. The van der Waals surface area contributed by atoms with Gasteiger partial charge in [-0.25, -0.2) is 0 Å². The number of amides is 1. The van der Waals surface area contributed by atoms with Crippen LogP contribution in [0, 0.1) is 5.92 Å². The van der Waals surface area contributed by atoms with Crippen LogP contribution in [0.2, 0.25) is 0 Å². The molecule has 1 atom stereocenters. The Labute approximate surface area is 77.9 Å². The first-order valence-corrected chi connectivity index (χ1v) is 4.80. The van der Waals surface area contributed by atoms with Crippen LogP contribution in [-0.2, 0) is 4.79 Å². The molecule has 0 bridgehead atoms. The molecule has 0 saturated carbocycles. The summed E-state index contributed by atoms with van der Waals surface area (Å²) < 4.78 is 0. The van der Waals surface area contributed by atoms with Gasteiger partial charge < -0.3 is 15.3 Å². The van der Waals surface area contributed by atoms with Crippen LogP contribution in [0.15, 0.2) is 0 Å². The van der Waals surface area contributed by atoms with E-state index >= 15 is 0 Å². The van der Waals surface area contributed by atoms with Crippen molar-refractivity contribution < 1.29 is 9.90 Å². The number of carbonyl (C=O) groups is 1. The van der Waals surface area contributed by atoms with Crippen LogP contribution < -0.4 is 5.32 Å². The zero-order valence-corrected chi connectivity index (χ0v) is 7.92. The average Bonchev–Trinajstić information content (AvgIpc) is 2.26. The van der Waals surface area contributed by atoms with E-state index < -0.39 is 5.60 Å². The van der Waals surface area contributed by atoms with Crippen molar-refractivity contribution in [3.05, 3.63) is 0 Å². The van der Waals surface area contributed by atoms with Gasteiger partial charge in [-0.2, -0.15) is 0 Å². The quantitative estimate of drug-likeness (QED) is 0.560. The Kier molecular flexibility index (Phi) is 2.04. The van der Waals surface area contributed by atoms with Crippen molar-refractivity contribution in [1.29, 1.82) is 0 Å². The van der Waals surface area contributed by atoms with Crippen LogP contribution in [0.5, 0.6) is 0 Å². The van der Waals surface area contributed by atoms with Gasteiger partial charge in [0, 0.05) is 26.2 Å². The molecule has 2 saturated heterocycles. The number of nitrogens with zero attached hydrogens (tertiary/aromatic N) is 1. The number of carbonyl (C=O) groups excluding carboxylic acids is 1. The molecule has 0 spiro atoms. The van der Waals surface area contributed by atoms with Crippen LogP contribution in [0.4, 0.5) is 0 Å². The van der Waals surface area contributed by atoms with Gasteiger partial charge in [-0.05, 0) is 13.3 Å². The normalized spacial score (nSPS) is 34.8. The Morgan fingerprint density at radius 3 is 2.69 bits per heavy atom. The fourth-order valence-corrected chi connectivity index (χ4v) is 1.85. The Morgan fingerprint density at radius 1 is 1.62 bits per heavy atom. The van der Waals surface area contributed by atoms with Crippen LogP contribution in [-0.4, -0.2) is 47.7 Å². The maximum Gasteiger partial charge on any atom is 0.228 e. The molecule has 4 heteroatoms. The molecule has 0 aromatic rings. The van der Waals surface area contributed by atoms with Gasteiger partial charge in [-0.1, -0.05) is 0 Å². The van der Waals surface area contributed by atoms with Crippen LogP contribution in [0.3, 0.4) is 0 Å². The zero-order valence-electron chi connectivity index (χ0n) is 7.92. The average molecular weight is 184 g/mol. The maximum atomic E-state index is 11.7. The number of nitrogens with one attached hydrogen (secondary N) is 1. The minimum atomic E-state index is -0.660. The van der Waals surface area contributed by atoms with Crippen LogP contribution >= 0.6 is 0 Å². The summed E-state index contributed by atoms with van der Waals surface area (Å²) in [7, 11) is 0. The highest BCUT2D eigenvalue weighted by Gasteiger charge is 2.37. The molecule has 2 fully saturated rings. The summed E-state index contributed by atoms with van der Waals surface area (Å²) in [6.07, 6.45) is 0.707. The molecule has 1 unspecified atom stereocenters. The van der Waals surface area contributed by atoms with Crippen molar-refractivity contribution in [2.45, 2.75) is 18.9 Å². The van der Waals surface area contributed by atoms with Crippen molar-refractivity contribution in [1.82, 2.24) is 10.2 Å². The van der Waals surface area contributed by atoms with E-state index in [1.165, 1.54) is 0 Å². The third-order valence-corrected chi connectivity index (χ3v) is 2.89. The minimum absolute atomic E-state index is 0.161. The summed E-state index contributed by atoms with van der Waals surface area (Å²) in [5.41, 5.74) is -0.660. The van der Waals surface area contributed by atoms with E-state index in [2.05, 4.69) is 5.32 Å². The number of hydrogen-bond acceptors (Lipinski definition) is 3. The van der Waals surface area contributed by atoms with Gasteiger partial charge in [0.25, 0.3) is 0 Å². The Bertz CT molecular complexity index is 224. The summed E-state index contributed by atoms with van der Waals surface area (Å²) >= 11 is 0. The first-order chi connectivity index (χ1) is 6.08. The monoisotopic (exact) mass is 184 g/mol. The standard InChI is InChI=1S/C9H16N2O2/c1-9(13)2-3-11(6-9)8(12)7-4-10-5-7/h7,10,13H,2-6H2,1H3. The molecular formula is C9H16N2O2. The molecule has 2 N–H and O–H groups in total. The minimum Gasteiger partial charge on any atom is -0.388 e. The third kappa shape index (κ3) is 1.69. The van der Waals surface area contributed by atoms with Gasteiger partial charge in [-0.3, -0.25) is 4.79 Å². The van der Waals surface area contributed by atoms with Gasteiger partial charge in [0.1, 0.15) is 0 Å². The molecule has 2 heterocycles. The largest absolute Gasteiger partial charge is 0.388 e. The first-order valence-electron chi connectivity index (χ1n) is 4.80. The molecule has 0 radical (unpaired) electrons. The van der Waals surface area contributed by atoms with E-state index in [9.17, 15) is 9.90 Å². The highest BCUT2D eigenvalue weighted by Crippen LogP contribution is 2.22. The van der Waals surface area contributed by atoms with E-state index in [1.54, 1.807) is 11.8 Å².